The number of aryl methyl sites for hydroxylation is 1. The first-order valence-corrected chi connectivity index (χ1v) is 6.42. The van der Waals surface area contributed by atoms with Crippen LogP contribution < -0.4 is 15.4 Å². The van der Waals surface area contributed by atoms with E-state index in [0.29, 0.717) is 18.0 Å². The van der Waals surface area contributed by atoms with E-state index in [1.54, 1.807) is 13.2 Å². The monoisotopic (exact) mass is 270 g/mol. The average Bonchev–Trinajstić information content (AvgIpc) is 2.45. The van der Waals surface area contributed by atoms with Gasteiger partial charge in [0.2, 0.25) is 0 Å². The number of carbonyl (C=O) groups is 1. The van der Waals surface area contributed by atoms with Crippen LogP contribution in [0.5, 0.6) is 5.75 Å². The molecule has 0 aliphatic rings. The molecular formula is C16H18N2O2. The third kappa shape index (κ3) is 4.02. The summed E-state index contributed by atoms with van der Waals surface area (Å²) in [6.45, 7) is 2.53. The van der Waals surface area contributed by atoms with Crippen molar-refractivity contribution in [1.82, 2.24) is 5.32 Å². The van der Waals surface area contributed by atoms with E-state index >= 15 is 0 Å². The van der Waals surface area contributed by atoms with Crippen LogP contribution in [0.3, 0.4) is 0 Å². The van der Waals surface area contributed by atoms with Crippen molar-refractivity contribution in [3.8, 4) is 5.75 Å². The molecule has 0 bridgehead atoms. The predicted molar refractivity (Wildman–Crippen MR) is 80.0 cm³/mol. The fourth-order valence-electron chi connectivity index (χ4n) is 1.88. The molecule has 0 atom stereocenters. The highest BCUT2D eigenvalue weighted by molar-refractivity contribution is 5.89. The van der Waals surface area contributed by atoms with E-state index in [9.17, 15) is 4.79 Å². The van der Waals surface area contributed by atoms with E-state index in [1.807, 2.05) is 49.4 Å². The number of anilines is 1. The van der Waals surface area contributed by atoms with Crippen LogP contribution in [-0.2, 0) is 6.54 Å². The fourth-order valence-corrected chi connectivity index (χ4v) is 1.88. The lowest BCUT2D eigenvalue weighted by molar-refractivity contribution is 0.251. The van der Waals surface area contributed by atoms with Crippen LogP contribution in [0.1, 0.15) is 11.1 Å². The maximum atomic E-state index is 11.8. The molecule has 2 amide bonds. The number of rotatable bonds is 4. The molecule has 0 heterocycles. The van der Waals surface area contributed by atoms with Gasteiger partial charge in [-0.1, -0.05) is 35.9 Å². The number of hydrogen-bond donors (Lipinski definition) is 2. The maximum Gasteiger partial charge on any atom is 0.319 e. The predicted octanol–water partition coefficient (Wildman–Crippen LogP) is 3.33. The first-order chi connectivity index (χ1) is 9.67. The number of hydrogen-bond acceptors (Lipinski definition) is 2. The molecule has 0 aromatic heterocycles. The Bertz CT molecular complexity index is 597. The van der Waals surface area contributed by atoms with Crippen molar-refractivity contribution in [2.24, 2.45) is 0 Å². The summed E-state index contributed by atoms with van der Waals surface area (Å²) in [4.78, 5) is 11.8. The summed E-state index contributed by atoms with van der Waals surface area (Å²) in [6, 6.07) is 15.0. The van der Waals surface area contributed by atoms with Crippen molar-refractivity contribution < 1.29 is 9.53 Å². The minimum atomic E-state index is -0.236. The number of amides is 2. The Kier molecular flexibility index (Phi) is 4.60. The molecule has 0 unspecified atom stereocenters. The number of ether oxygens (including phenoxy) is 1. The van der Waals surface area contributed by atoms with Crippen LogP contribution in [0, 0.1) is 6.92 Å². The van der Waals surface area contributed by atoms with Crippen molar-refractivity contribution in [2.45, 2.75) is 13.5 Å². The van der Waals surface area contributed by atoms with E-state index in [2.05, 4.69) is 10.6 Å². The summed E-state index contributed by atoms with van der Waals surface area (Å²) in [5, 5.41) is 5.59. The van der Waals surface area contributed by atoms with Crippen LogP contribution >= 0.6 is 0 Å². The zero-order chi connectivity index (χ0) is 14.4. The number of benzene rings is 2. The zero-order valence-corrected chi connectivity index (χ0v) is 11.6. The standard InChI is InChI=1S/C16H18N2O2/c1-12-5-3-6-13(9-12)11-17-16(19)18-14-7-4-8-15(10-14)20-2/h3-10H,11H2,1-2H3,(H2,17,18,19). The van der Waals surface area contributed by atoms with Crippen LogP contribution in [0.4, 0.5) is 10.5 Å². The molecule has 0 radical (unpaired) electrons. The molecule has 4 heteroatoms. The van der Waals surface area contributed by atoms with Crippen LogP contribution in [0.15, 0.2) is 48.5 Å². The molecule has 4 nitrogen and oxygen atoms in total. The van der Waals surface area contributed by atoms with E-state index in [1.165, 1.54) is 5.56 Å². The van der Waals surface area contributed by atoms with Crippen molar-refractivity contribution in [1.29, 1.82) is 0 Å². The van der Waals surface area contributed by atoms with Gasteiger partial charge in [0.25, 0.3) is 0 Å². The van der Waals surface area contributed by atoms with Crippen LogP contribution in [-0.4, -0.2) is 13.1 Å². The zero-order valence-electron chi connectivity index (χ0n) is 11.6. The number of carbonyl (C=O) groups excluding carboxylic acids is 1. The highest BCUT2D eigenvalue weighted by Gasteiger charge is 2.02. The van der Waals surface area contributed by atoms with Crippen molar-refractivity contribution in [3.63, 3.8) is 0 Å². The van der Waals surface area contributed by atoms with Gasteiger partial charge in [0.15, 0.2) is 0 Å². The lowest BCUT2D eigenvalue weighted by atomic mass is 10.1. The van der Waals surface area contributed by atoms with E-state index in [4.69, 9.17) is 4.74 Å². The highest BCUT2D eigenvalue weighted by Crippen LogP contribution is 2.16. The Morgan fingerprint density at radius 1 is 1.15 bits per heavy atom. The first-order valence-electron chi connectivity index (χ1n) is 6.42. The average molecular weight is 270 g/mol. The fraction of sp³-hybridized carbons (Fsp3) is 0.188. The highest BCUT2D eigenvalue weighted by atomic mass is 16.5. The molecular weight excluding hydrogens is 252 g/mol. The Labute approximate surface area is 118 Å². The van der Waals surface area contributed by atoms with Crippen molar-refractivity contribution in [3.05, 3.63) is 59.7 Å². The second kappa shape index (κ2) is 6.61. The molecule has 104 valence electrons. The molecule has 0 spiro atoms. The van der Waals surface area contributed by atoms with Gasteiger partial charge >= 0.3 is 6.03 Å². The van der Waals surface area contributed by atoms with Gasteiger partial charge in [-0.15, -0.1) is 0 Å². The number of urea groups is 1. The molecule has 0 aliphatic heterocycles. The summed E-state index contributed by atoms with van der Waals surface area (Å²) in [5.74, 6) is 0.710. The largest absolute Gasteiger partial charge is 0.497 e. The minimum absolute atomic E-state index is 0.236. The Morgan fingerprint density at radius 2 is 1.95 bits per heavy atom. The Balaban J connectivity index is 1.89. The van der Waals surface area contributed by atoms with Gasteiger partial charge in [0.05, 0.1) is 7.11 Å². The van der Waals surface area contributed by atoms with Gasteiger partial charge in [-0.05, 0) is 24.6 Å². The summed E-state index contributed by atoms with van der Waals surface area (Å²) < 4.78 is 5.11. The summed E-state index contributed by atoms with van der Waals surface area (Å²) in [6.07, 6.45) is 0. The first kappa shape index (κ1) is 13.9. The second-order valence-electron chi connectivity index (χ2n) is 4.53. The summed E-state index contributed by atoms with van der Waals surface area (Å²) in [5.41, 5.74) is 2.95. The molecule has 0 saturated carbocycles. The molecule has 2 aromatic rings. The van der Waals surface area contributed by atoms with Gasteiger partial charge in [-0.3, -0.25) is 0 Å². The summed E-state index contributed by atoms with van der Waals surface area (Å²) >= 11 is 0. The van der Waals surface area contributed by atoms with E-state index in [-0.39, 0.29) is 6.03 Å². The molecule has 0 aliphatic carbocycles. The smallest absolute Gasteiger partial charge is 0.319 e. The normalized spacial score (nSPS) is 9.90. The molecule has 20 heavy (non-hydrogen) atoms. The van der Waals surface area contributed by atoms with E-state index in [0.717, 1.165) is 5.56 Å². The minimum Gasteiger partial charge on any atom is -0.497 e. The van der Waals surface area contributed by atoms with Crippen LogP contribution in [0.25, 0.3) is 0 Å². The maximum absolute atomic E-state index is 11.8. The van der Waals surface area contributed by atoms with Crippen molar-refractivity contribution >= 4 is 11.7 Å². The molecule has 0 saturated heterocycles. The molecule has 2 rings (SSSR count). The number of methoxy groups -OCH3 is 1. The van der Waals surface area contributed by atoms with Gasteiger partial charge in [-0.25, -0.2) is 4.79 Å². The second-order valence-corrected chi connectivity index (χ2v) is 4.53. The summed E-state index contributed by atoms with van der Waals surface area (Å²) in [7, 11) is 1.59. The SMILES string of the molecule is COc1cccc(NC(=O)NCc2cccc(C)c2)c1. The van der Waals surface area contributed by atoms with Gasteiger partial charge in [0, 0.05) is 18.3 Å². The topological polar surface area (TPSA) is 50.4 Å². The molecule has 2 N–H and O–H groups in total. The van der Waals surface area contributed by atoms with Gasteiger partial charge in [-0.2, -0.15) is 0 Å². The van der Waals surface area contributed by atoms with E-state index < -0.39 is 0 Å². The lowest BCUT2D eigenvalue weighted by Gasteiger charge is -2.09. The number of nitrogens with one attached hydrogen (secondary N) is 2. The van der Waals surface area contributed by atoms with Gasteiger partial charge < -0.3 is 15.4 Å². The third-order valence-electron chi connectivity index (χ3n) is 2.86. The quantitative estimate of drug-likeness (QED) is 0.895. The lowest BCUT2D eigenvalue weighted by Crippen LogP contribution is -2.28. The van der Waals surface area contributed by atoms with Crippen LogP contribution in [0.2, 0.25) is 0 Å². The third-order valence-corrected chi connectivity index (χ3v) is 2.86. The van der Waals surface area contributed by atoms with Gasteiger partial charge in [0.1, 0.15) is 5.75 Å². The Morgan fingerprint density at radius 3 is 2.70 bits per heavy atom. The van der Waals surface area contributed by atoms with Crippen molar-refractivity contribution in [2.75, 3.05) is 12.4 Å². The molecule has 2 aromatic carbocycles. The molecule has 0 fully saturated rings. The Hall–Kier alpha value is -2.49.